The molecule has 0 unspecified atom stereocenters. The molecule has 0 fully saturated rings. The molecule has 6 nitrogen and oxygen atoms in total. The molecule has 1 aliphatic rings. The van der Waals surface area contributed by atoms with E-state index in [1.807, 2.05) is 20.8 Å². The van der Waals surface area contributed by atoms with Crippen LogP contribution in [0.25, 0.3) is 0 Å². The first-order valence-corrected chi connectivity index (χ1v) is 7.33. The Balaban J connectivity index is 2.25. The summed E-state index contributed by atoms with van der Waals surface area (Å²) in [6, 6.07) is 0. The first-order chi connectivity index (χ1) is 10.2. The SMILES string of the molecule is COC(=O)c1cnc2c(c1Cl)CN(C(=O)OC(C)(C)C)CC2. The van der Waals surface area contributed by atoms with Gasteiger partial charge in [-0.25, -0.2) is 9.59 Å². The van der Waals surface area contributed by atoms with Crippen LogP contribution in [0.15, 0.2) is 6.20 Å². The largest absolute Gasteiger partial charge is 0.465 e. The van der Waals surface area contributed by atoms with E-state index in [1.54, 1.807) is 4.90 Å². The number of rotatable bonds is 1. The summed E-state index contributed by atoms with van der Waals surface area (Å²) in [5.74, 6) is -0.547. The number of halogens is 1. The van der Waals surface area contributed by atoms with Crippen LogP contribution in [-0.4, -0.2) is 41.2 Å². The molecule has 1 amide bonds. The van der Waals surface area contributed by atoms with Gasteiger partial charge in [0.15, 0.2) is 0 Å². The Kier molecular flexibility index (Phi) is 4.60. The van der Waals surface area contributed by atoms with Gasteiger partial charge in [0, 0.05) is 30.4 Å². The Bertz CT molecular complexity index is 610. The monoisotopic (exact) mass is 326 g/mol. The number of pyridine rings is 1. The molecule has 0 spiro atoms. The molecule has 1 aromatic heterocycles. The first kappa shape index (κ1) is 16.5. The number of hydrogen-bond donors (Lipinski definition) is 0. The number of nitrogens with zero attached hydrogens (tertiary/aromatic N) is 2. The maximum absolute atomic E-state index is 12.2. The summed E-state index contributed by atoms with van der Waals surface area (Å²) in [6.45, 7) is 6.20. The van der Waals surface area contributed by atoms with E-state index in [1.165, 1.54) is 13.3 Å². The Morgan fingerprint density at radius 3 is 2.64 bits per heavy atom. The topological polar surface area (TPSA) is 68.7 Å². The highest BCUT2D eigenvalue weighted by Gasteiger charge is 2.29. The summed E-state index contributed by atoms with van der Waals surface area (Å²) < 4.78 is 10.0. The van der Waals surface area contributed by atoms with Gasteiger partial charge in [-0.2, -0.15) is 0 Å². The Hall–Kier alpha value is -1.82. The normalized spacial score (nSPS) is 14.3. The minimum Gasteiger partial charge on any atom is -0.465 e. The zero-order valence-corrected chi connectivity index (χ0v) is 13.9. The highest BCUT2D eigenvalue weighted by atomic mass is 35.5. The number of aromatic nitrogens is 1. The zero-order chi connectivity index (χ0) is 16.5. The lowest BCUT2D eigenvalue weighted by Gasteiger charge is -2.31. The molecule has 0 aliphatic carbocycles. The van der Waals surface area contributed by atoms with Crippen LogP contribution in [0.4, 0.5) is 4.79 Å². The lowest BCUT2D eigenvalue weighted by Crippen LogP contribution is -2.40. The van der Waals surface area contributed by atoms with Crippen LogP contribution in [0.5, 0.6) is 0 Å². The summed E-state index contributed by atoms with van der Waals surface area (Å²) in [5, 5.41) is 0.283. The zero-order valence-electron chi connectivity index (χ0n) is 13.1. The van der Waals surface area contributed by atoms with Gasteiger partial charge < -0.3 is 14.4 Å². The van der Waals surface area contributed by atoms with Crippen molar-refractivity contribution in [1.29, 1.82) is 0 Å². The molecule has 0 bridgehead atoms. The van der Waals surface area contributed by atoms with E-state index in [4.69, 9.17) is 16.3 Å². The van der Waals surface area contributed by atoms with Crippen molar-refractivity contribution in [2.75, 3.05) is 13.7 Å². The lowest BCUT2D eigenvalue weighted by molar-refractivity contribution is 0.0223. The van der Waals surface area contributed by atoms with Gasteiger partial charge in [-0.3, -0.25) is 4.98 Å². The van der Waals surface area contributed by atoms with E-state index in [0.29, 0.717) is 18.5 Å². The van der Waals surface area contributed by atoms with E-state index in [9.17, 15) is 9.59 Å². The molecular formula is C15H19ClN2O4. The van der Waals surface area contributed by atoms with E-state index in [-0.39, 0.29) is 17.1 Å². The van der Waals surface area contributed by atoms with Crippen LogP contribution < -0.4 is 0 Å². The average Bonchev–Trinajstić information content (AvgIpc) is 2.45. The summed E-state index contributed by atoms with van der Waals surface area (Å²) in [6.07, 6.45) is 1.57. The van der Waals surface area contributed by atoms with Crippen LogP contribution >= 0.6 is 11.6 Å². The minimum absolute atomic E-state index is 0.203. The third-order valence-corrected chi connectivity index (χ3v) is 3.66. The van der Waals surface area contributed by atoms with Crippen LogP contribution in [0, 0.1) is 0 Å². The predicted molar refractivity (Wildman–Crippen MR) is 80.9 cm³/mol. The number of amides is 1. The highest BCUT2D eigenvalue weighted by Crippen LogP contribution is 2.29. The number of carbonyl (C=O) groups excluding carboxylic acids is 2. The van der Waals surface area contributed by atoms with Crippen molar-refractivity contribution in [2.24, 2.45) is 0 Å². The number of methoxy groups -OCH3 is 1. The Morgan fingerprint density at radius 1 is 1.36 bits per heavy atom. The van der Waals surface area contributed by atoms with Crippen LogP contribution in [-0.2, 0) is 22.4 Å². The average molecular weight is 327 g/mol. The maximum Gasteiger partial charge on any atom is 0.410 e. The van der Waals surface area contributed by atoms with E-state index in [2.05, 4.69) is 9.72 Å². The Morgan fingerprint density at radius 2 is 2.05 bits per heavy atom. The molecule has 1 aromatic rings. The van der Waals surface area contributed by atoms with Crippen molar-refractivity contribution in [3.63, 3.8) is 0 Å². The van der Waals surface area contributed by atoms with Gasteiger partial charge in [-0.15, -0.1) is 0 Å². The van der Waals surface area contributed by atoms with Crippen molar-refractivity contribution in [1.82, 2.24) is 9.88 Å². The van der Waals surface area contributed by atoms with Crippen LogP contribution in [0.3, 0.4) is 0 Å². The first-order valence-electron chi connectivity index (χ1n) is 6.95. The van der Waals surface area contributed by atoms with Crippen molar-refractivity contribution < 1.29 is 19.1 Å². The fourth-order valence-electron chi connectivity index (χ4n) is 2.19. The van der Waals surface area contributed by atoms with Gasteiger partial charge in [0.2, 0.25) is 0 Å². The van der Waals surface area contributed by atoms with E-state index in [0.717, 1.165) is 5.69 Å². The van der Waals surface area contributed by atoms with Crippen molar-refractivity contribution >= 4 is 23.7 Å². The van der Waals surface area contributed by atoms with Crippen molar-refractivity contribution in [3.05, 3.63) is 28.0 Å². The number of hydrogen-bond acceptors (Lipinski definition) is 5. The summed E-state index contributed by atoms with van der Waals surface area (Å²) in [5.41, 5.74) is 1.10. The second-order valence-corrected chi connectivity index (χ2v) is 6.43. The molecule has 0 radical (unpaired) electrons. The molecule has 0 saturated heterocycles. The van der Waals surface area contributed by atoms with E-state index < -0.39 is 17.7 Å². The second kappa shape index (κ2) is 6.12. The van der Waals surface area contributed by atoms with Gasteiger partial charge in [-0.05, 0) is 20.8 Å². The molecule has 120 valence electrons. The van der Waals surface area contributed by atoms with Crippen molar-refractivity contribution in [3.8, 4) is 0 Å². The maximum atomic E-state index is 12.2. The number of ether oxygens (including phenoxy) is 2. The fourth-order valence-corrected chi connectivity index (χ4v) is 2.48. The third-order valence-electron chi connectivity index (χ3n) is 3.22. The molecule has 2 heterocycles. The minimum atomic E-state index is -0.562. The summed E-state index contributed by atoms with van der Waals surface area (Å²) in [4.78, 5) is 29.6. The van der Waals surface area contributed by atoms with Gasteiger partial charge in [0.25, 0.3) is 0 Å². The van der Waals surface area contributed by atoms with Crippen LogP contribution in [0.1, 0.15) is 42.4 Å². The summed E-state index contributed by atoms with van der Waals surface area (Å²) >= 11 is 6.28. The lowest BCUT2D eigenvalue weighted by atomic mass is 10.0. The third kappa shape index (κ3) is 3.50. The fraction of sp³-hybridized carbons (Fsp3) is 0.533. The van der Waals surface area contributed by atoms with Gasteiger partial charge >= 0.3 is 12.1 Å². The molecule has 0 N–H and O–H groups in total. The number of esters is 1. The van der Waals surface area contributed by atoms with Gasteiger partial charge in [-0.1, -0.05) is 11.6 Å². The molecule has 0 saturated carbocycles. The molecule has 2 rings (SSSR count). The molecule has 0 atom stereocenters. The number of carbonyl (C=O) groups is 2. The molecule has 1 aliphatic heterocycles. The smallest absolute Gasteiger partial charge is 0.410 e. The predicted octanol–water partition coefficient (Wildman–Crippen LogP) is 2.81. The van der Waals surface area contributed by atoms with Gasteiger partial charge in [0.05, 0.1) is 24.2 Å². The second-order valence-electron chi connectivity index (χ2n) is 6.05. The molecule has 22 heavy (non-hydrogen) atoms. The molecular weight excluding hydrogens is 308 g/mol. The Labute approximate surface area is 134 Å². The molecule has 7 heteroatoms. The standard InChI is InChI=1S/C15H19ClN2O4/c1-15(2,3)22-14(20)18-6-5-11-10(8-18)12(16)9(7-17-11)13(19)21-4/h7H,5-6,8H2,1-4H3. The van der Waals surface area contributed by atoms with Crippen molar-refractivity contribution in [2.45, 2.75) is 39.3 Å². The van der Waals surface area contributed by atoms with Gasteiger partial charge in [0.1, 0.15) is 5.60 Å². The van der Waals surface area contributed by atoms with E-state index >= 15 is 0 Å². The van der Waals surface area contributed by atoms with Crippen LogP contribution in [0.2, 0.25) is 5.02 Å². The quantitative estimate of drug-likeness (QED) is 0.742. The number of fused-ring (bicyclic) bond motifs is 1. The highest BCUT2D eigenvalue weighted by molar-refractivity contribution is 6.34. The molecule has 0 aromatic carbocycles. The summed E-state index contributed by atoms with van der Waals surface area (Å²) in [7, 11) is 1.28.